The van der Waals surface area contributed by atoms with Crippen molar-refractivity contribution in [1.29, 1.82) is 0 Å². The summed E-state index contributed by atoms with van der Waals surface area (Å²) in [5.74, 6) is -1.32. The molecule has 0 spiro atoms. The van der Waals surface area contributed by atoms with Crippen LogP contribution in [0.3, 0.4) is 0 Å². The minimum Gasteiger partial charge on any atom is -0.326 e. The number of hydrogen-bond donors (Lipinski definition) is 1. The minimum absolute atomic E-state index is 0.106. The van der Waals surface area contributed by atoms with Crippen LogP contribution in [0.25, 0.3) is 11.1 Å². The van der Waals surface area contributed by atoms with Crippen LogP contribution in [0.15, 0.2) is 97.1 Å². The Hall–Kier alpha value is -4.51. The fourth-order valence-corrected chi connectivity index (χ4v) is 6.68. The van der Waals surface area contributed by atoms with Crippen LogP contribution in [0.2, 0.25) is 0 Å². The van der Waals surface area contributed by atoms with Crippen molar-refractivity contribution < 1.29 is 14.4 Å². The fraction of sp³-hybridized carbons (Fsp3) is 0.156. The van der Waals surface area contributed by atoms with Crippen molar-refractivity contribution in [2.24, 2.45) is 11.8 Å². The van der Waals surface area contributed by atoms with Crippen molar-refractivity contribution in [2.75, 3.05) is 10.2 Å². The molecule has 0 aromatic heterocycles. The first-order valence-corrected chi connectivity index (χ1v) is 12.6. The van der Waals surface area contributed by atoms with E-state index >= 15 is 0 Å². The minimum atomic E-state index is -0.386. The quantitative estimate of drug-likeness (QED) is 0.379. The van der Waals surface area contributed by atoms with Gasteiger partial charge >= 0.3 is 0 Å². The van der Waals surface area contributed by atoms with E-state index in [1.54, 1.807) is 0 Å². The number of carbonyl (C=O) groups is 3. The van der Waals surface area contributed by atoms with Crippen molar-refractivity contribution in [3.63, 3.8) is 0 Å². The van der Waals surface area contributed by atoms with Crippen LogP contribution in [-0.2, 0) is 14.4 Å². The van der Waals surface area contributed by atoms with Crippen LogP contribution in [0, 0.1) is 11.8 Å². The maximum atomic E-state index is 13.9. The first-order chi connectivity index (χ1) is 18.0. The molecule has 5 nitrogen and oxygen atoms in total. The zero-order valence-corrected chi connectivity index (χ0v) is 20.2. The lowest BCUT2D eigenvalue weighted by Gasteiger charge is -2.45. The molecule has 3 amide bonds. The van der Waals surface area contributed by atoms with Crippen LogP contribution >= 0.6 is 0 Å². The highest BCUT2D eigenvalue weighted by Crippen LogP contribution is 2.61. The monoisotopic (exact) mass is 484 g/mol. The fourth-order valence-electron chi connectivity index (χ4n) is 6.68. The van der Waals surface area contributed by atoms with Gasteiger partial charge in [0.1, 0.15) is 0 Å². The van der Waals surface area contributed by atoms with Gasteiger partial charge in [-0.2, -0.15) is 0 Å². The average molecular weight is 485 g/mol. The van der Waals surface area contributed by atoms with E-state index in [9.17, 15) is 14.4 Å². The number of nitrogens with one attached hydrogen (secondary N) is 1. The van der Waals surface area contributed by atoms with Crippen LogP contribution in [0.4, 0.5) is 11.4 Å². The molecule has 1 heterocycles. The number of carbonyl (C=O) groups excluding carboxylic acids is 3. The Morgan fingerprint density at radius 3 is 1.43 bits per heavy atom. The van der Waals surface area contributed by atoms with E-state index < -0.39 is 0 Å². The van der Waals surface area contributed by atoms with E-state index in [1.165, 1.54) is 34.1 Å². The van der Waals surface area contributed by atoms with Crippen molar-refractivity contribution in [2.45, 2.75) is 18.8 Å². The van der Waals surface area contributed by atoms with E-state index in [0.29, 0.717) is 5.69 Å². The smallest absolute Gasteiger partial charge is 0.238 e. The summed E-state index contributed by atoms with van der Waals surface area (Å²) in [6, 6.07) is 31.7. The third kappa shape index (κ3) is 3.13. The molecule has 1 aliphatic heterocycles. The van der Waals surface area contributed by atoms with Gasteiger partial charge < -0.3 is 5.32 Å². The molecule has 0 unspecified atom stereocenters. The van der Waals surface area contributed by atoms with E-state index in [0.717, 1.165) is 16.8 Å². The largest absolute Gasteiger partial charge is 0.326 e. The topological polar surface area (TPSA) is 66.5 Å². The second-order valence-corrected chi connectivity index (χ2v) is 10.1. The van der Waals surface area contributed by atoms with Gasteiger partial charge in [-0.3, -0.25) is 14.4 Å². The lowest BCUT2D eigenvalue weighted by Crippen LogP contribution is -2.41. The summed E-state index contributed by atoms with van der Waals surface area (Å²) >= 11 is 0. The molecule has 1 fully saturated rings. The molecular weight excluding hydrogens is 460 g/mol. The van der Waals surface area contributed by atoms with Gasteiger partial charge in [0.2, 0.25) is 17.7 Å². The zero-order valence-electron chi connectivity index (χ0n) is 20.2. The lowest BCUT2D eigenvalue weighted by atomic mass is 9.55. The van der Waals surface area contributed by atoms with Crippen molar-refractivity contribution in [3.8, 4) is 11.1 Å². The van der Waals surface area contributed by atoms with E-state index in [2.05, 4.69) is 29.6 Å². The highest BCUT2D eigenvalue weighted by atomic mass is 16.2. The number of amides is 3. The molecular formula is C32H24N2O3. The summed E-state index contributed by atoms with van der Waals surface area (Å²) in [6.45, 7) is 1.48. The molecule has 1 N–H and O–H groups in total. The molecule has 4 aliphatic rings. The lowest BCUT2D eigenvalue weighted by molar-refractivity contribution is -0.122. The third-order valence-corrected chi connectivity index (χ3v) is 8.11. The van der Waals surface area contributed by atoms with Gasteiger partial charge in [-0.15, -0.1) is 0 Å². The molecule has 180 valence electrons. The van der Waals surface area contributed by atoms with E-state index in [-0.39, 0.29) is 41.4 Å². The second-order valence-electron chi connectivity index (χ2n) is 10.1. The van der Waals surface area contributed by atoms with E-state index in [1.807, 2.05) is 72.8 Å². The molecule has 5 heteroatoms. The molecule has 1 saturated heterocycles. The summed E-state index contributed by atoms with van der Waals surface area (Å²) in [5.41, 5.74) is 7.99. The number of nitrogens with zero attached hydrogens (tertiary/aromatic N) is 1. The summed E-state index contributed by atoms with van der Waals surface area (Å²) in [7, 11) is 0. The Balaban J connectivity index is 1.24. The Kier molecular flexibility index (Phi) is 4.70. The Morgan fingerprint density at radius 1 is 0.622 bits per heavy atom. The number of hydrogen-bond acceptors (Lipinski definition) is 3. The molecule has 37 heavy (non-hydrogen) atoms. The maximum Gasteiger partial charge on any atom is 0.238 e. The Labute approximate surface area is 214 Å². The summed E-state index contributed by atoms with van der Waals surface area (Å²) in [4.78, 5) is 40.5. The highest BCUT2D eigenvalue weighted by molar-refractivity contribution is 6.23. The zero-order chi connectivity index (χ0) is 25.3. The van der Waals surface area contributed by atoms with Gasteiger partial charge in [-0.05, 0) is 57.6 Å². The third-order valence-electron chi connectivity index (χ3n) is 8.11. The van der Waals surface area contributed by atoms with Gasteiger partial charge in [0.05, 0.1) is 17.5 Å². The van der Waals surface area contributed by atoms with Gasteiger partial charge in [-0.25, -0.2) is 4.90 Å². The number of imide groups is 1. The molecule has 3 aliphatic carbocycles. The number of benzene rings is 4. The summed E-state index contributed by atoms with van der Waals surface area (Å²) in [6.07, 6.45) is 0. The van der Waals surface area contributed by atoms with Crippen LogP contribution in [0.1, 0.15) is 41.0 Å². The molecule has 0 radical (unpaired) electrons. The second kappa shape index (κ2) is 8.00. The summed E-state index contributed by atoms with van der Waals surface area (Å²) in [5, 5.41) is 2.77. The normalized spacial score (nSPS) is 22.9. The van der Waals surface area contributed by atoms with Crippen LogP contribution in [-0.4, -0.2) is 17.7 Å². The highest BCUT2D eigenvalue weighted by Gasteiger charge is 2.61. The Morgan fingerprint density at radius 2 is 1.03 bits per heavy atom. The average Bonchev–Trinajstić information content (AvgIpc) is 3.19. The first-order valence-electron chi connectivity index (χ1n) is 12.6. The maximum absolute atomic E-state index is 13.9. The van der Waals surface area contributed by atoms with Gasteiger partial charge in [0.15, 0.2) is 0 Å². The number of rotatable bonds is 3. The van der Waals surface area contributed by atoms with Gasteiger partial charge in [0, 0.05) is 24.4 Å². The molecule has 0 saturated carbocycles. The van der Waals surface area contributed by atoms with Crippen LogP contribution in [0.5, 0.6) is 0 Å². The van der Waals surface area contributed by atoms with Crippen molar-refractivity contribution in [3.05, 3.63) is 119 Å². The number of anilines is 2. The molecule has 4 aromatic carbocycles. The van der Waals surface area contributed by atoms with Crippen molar-refractivity contribution in [1.82, 2.24) is 0 Å². The van der Waals surface area contributed by atoms with Gasteiger partial charge in [-0.1, -0.05) is 72.8 Å². The first kappa shape index (κ1) is 21.7. The predicted molar refractivity (Wildman–Crippen MR) is 142 cm³/mol. The molecule has 4 aromatic rings. The Bertz CT molecular complexity index is 1470. The molecule has 2 bridgehead atoms. The van der Waals surface area contributed by atoms with Gasteiger partial charge in [0.25, 0.3) is 0 Å². The SMILES string of the molecule is CC(=O)Nc1ccc(-c2ccc(N3C(=O)[C@H]4C5c6ccccc6C(c6ccccc65)[C@@H]4C3=O)cc2)cc1. The molecule has 2 atom stereocenters. The predicted octanol–water partition coefficient (Wildman–Crippen LogP) is 5.71. The van der Waals surface area contributed by atoms with Crippen molar-refractivity contribution >= 4 is 29.1 Å². The van der Waals surface area contributed by atoms with Crippen LogP contribution < -0.4 is 10.2 Å². The van der Waals surface area contributed by atoms with E-state index in [4.69, 9.17) is 0 Å². The standard InChI is InChI=1S/C32H24N2O3/c1-18(35)33-21-14-10-19(11-15-21)20-12-16-22(17-13-20)34-31(36)29-27-23-6-2-3-7-24(23)28(30(29)32(34)37)26-9-5-4-8-25(26)27/h2-17,27-30H,1H3,(H,33,35)/t27?,28?,29-,30-/m0/s1. The molecule has 8 rings (SSSR count). The summed E-state index contributed by atoms with van der Waals surface area (Å²) < 4.78 is 0.